The number of hydrogen-bond acceptors (Lipinski definition) is 5. The van der Waals surface area contributed by atoms with Crippen LogP contribution in [0.5, 0.6) is 0 Å². The van der Waals surface area contributed by atoms with Crippen molar-refractivity contribution in [2.45, 2.75) is 55.1 Å². The molecule has 2 aromatic carbocycles. The first kappa shape index (κ1) is 23.6. The van der Waals surface area contributed by atoms with Gasteiger partial charge in [0, 0.05) is 11.6 Å². The van der Waals surface area contributed by atoms with Gasteiger partial charge in [0.2, 0.25) is 9.84 Å². The molecular weight excluding hydrogens is 438 g/mol. The fraction of sp³-hybridized carbons (Fsp3) is 0.435. The first-order valence-corrected chi connectivity index (χ1v) is 12.1. The predicted molar refractivity (Wildman–Crippen MR) is 119 cm³/mol. The molecule has 0 bridgehead atoms. The van der Waals surface area contributed by atoms with Crippen LogP contribution >= 0.6 is 11.6 Å². The van der Waals surface area contributed by atoms with E-state index in [2.05, 4.69) is 0 Å². The Morgan fingerprint density at radius 3 is 2.42 bits per heavy atom. The van der Waals surface area contributed by atoms with Crippen molar-refractivity contribution >= 4 is 27.5 Å². The molecule has 1 amide bonds. The molecule has 1 heterocycles. The van der Waals surface area contributed by atoms with E-state index in [9.17, 15) is 18.3 Å². The highest BCUT2D eigenvalue weighted by atomic mass is 35.5. The van der Waals surface area contributed by atoms with Crippen molar-refractivity contribution in [3.63, 3.8) is 0 Å². The SMILES string of the molecule is CC(C)(C)OC(=O)N1CC[C@@H](Cc2ccc(S(=O)(=O)c3cccc(Cl)c3)cc2)[C@@H](O)C1. The number of nitrogens with zero attached hydrogens (tertiary/aromatic N) is 1. The number of rotatable bonds is 4. The minimum absolute atomic E-state index is 0.0194. The second-order valence-corrected chi connectivity index (χ2v) is 11.2. The van der Waals surface area contributed by atoms with Crippen LogP contribution in [0.15, 0.2) is 58.3 Å². The van der Waals surface area contributed by atoms with Crippen molar-refractivity contribution in [3.8, 4) is 0 Å². The number of amides is 1. The molecule has 0 aromatic heterocycles. The number of carbonyl (C=O) groups excluding carboxylic acids is 1. The van der Waals surface area contributed by atoms with Crippen LogP contribution in [0.1, 0.15) is 32.8 Å². The van der Waals surface area contributed by atoms with Gasteiger partial charge in [0.05, 0.1) is 22.4 Å². The third-order valence-corrected chi connectivity index (χ3v) is 7.21. The molecule has 1 N–H and O–H groups in total. The number of aliphatic hydroxyl groups excluding tert-OH is 1. The molecule has 2 atom stereocenters. The summed E-state index contributed by atoms with van der Waals surface area (Å²) in [7, 11) is -3.65. The van der Waals surface area contributed by atoms with Crippen molar-refractivity contribution in [1.82, 2.24) is 4.90 Å². The molecule has 0 aliphatic carbocycles. The summed E-state index contributed by atoms with van der Waals surface area (Å²) >= 11 is 5.93. The minimum Gasteiger partial charge on any atom is -0.444 e. The lowest BCUT2D eigenvalue weighted by molar-refractivity contribution is -0.0125. The van der Waals surface area contributed by atoms with Crippen LogP contribution < -0.4 is 0 Å². The molecule has 6 nitrogen and oxygen atoms in total. The summed E-state index contributed by atoms with van der Waals surface area (Å²) in [5, 5.41) is 10.9. The van der Waals surface area contributed by atoms with Crippen molar-refractivity contribution in [2.24, 2.45) is 5.92 Å². The first-order valence-electron chi connectivity index (χ1n) is 10.2. The van der Waals surface area contributed by atoms with Crippen LogP contribution in [0.3, 0.4) is 0 Å². The number of piperidine rings is 1. The van der Waals surface area contributed by atoms with E-state index < -0.39 is 27.6 Å². The van der Waals surface area contributed by atoms with Gasteiger partial charge in [-0.15, -0.1) is 0 Å². The lowest BCUT2D eigenvalue weighted by Gasteiger charge is -2.36. The quantitative estimate of drug-likeness (QED) is 0.726. The maximum Gasteiger partial charge on any atom is 0.410 e. The standard InChI is InChI=1S/C23H28ClNO5S/c1-23(2,3)30-22(27)25-12-11-17(21(26)15-25)13-16-7-9-19(10-8-16)31(28,29)20-6-4-5-18(24)14-20/h4-10,14,17,21,26H,11-13,15H2,1-3H3/t17-,21-/m0/s1. The fourth-order valence-electron chi connectivity index (χ4n) is 3.59. The van der Waals surface area contributed by atoms with Gasteiger partial charge in [-0.1, -0.05) is 29.8 Å². The summed E-state index contributed by atoms with van der Waals surface area (Å²) in [5.74, 6) is -0.0194. The lowest BCUT2D eigenvalue weighted by Crippen LogP contribution is -2.48. The zero-order chi connectivity index (χ0) is 22.8. The fourth-order valence-corrected chi connectivity index (χ4v) is 5.15. The molecule has 2 aromatic rings. The van der Waals surface area contributed by atoms with E-state index in [1.165, 1.54) is 17.0 Å². The van der Waals surface area contributed by atoms with Crippen LogP contribution in [0.4, 0.5) is 4.79 Å². The van der Waals surface area contributed by atoms with Gasteiger partial charge in [-0.25, -0.2) is 13.2 Å². The zero-order valence-corrected chi connectivity index (χ0v) is 19.5. The van der Waals surface area contributed by atoms with Crippen LogP contribution in [0.2, 0.25) is 5.02 Å². The third-order valence-electron chi connectivity index (χ3n) is 5.21. The number of ether oxygens (including phenoxy) is 1. The Morgan fingerprint density at radius 1 is 1.16 bits per heavy atom. The normalized spacial score (nSPS) is 19.8. The summed E-state index contributed by atoms with van der Waals surface area (Å²) in [6.45, 7) is 6.16. The summed E-state index contributed by atoms with van der Waals surface area (Å²) in [6, 6.07) is 12.9. The number of sulfone groups is 1. The molecule has 1 aliphatic heterocycles. The minimum atomic E-state index is -3.65. The first-order chi connectivity index (χ1) is 14.5. The number of benzene rings is 2. The van der Waals surface area contributed by atoms with Gasteiger partial charge in [-0.05, 0) is 75.4 Å². The molecule has 1 aliphatic rings. The van der Waals surface area contributed by atoms with Crippen molar-refractivity contribution in [1.29, 1.82) is 0 Å². The molecule has 1 fully saturated rings. The van der Waals surface area contributed by atoms with E-state index in [0.717, 1.165) is 5.56 Å². The predicted octanol–water partition coefficient (Wildman–Crippen LogP) is 4.33. The molecule has 1 saturated heterocycles. The van der Waals surface area contributed by atoms with Crippen molar-refractivity contribution < 1.29 is 23.1 Å². The smallest absolute Gasteiger partial charge is 0.410 e. The second-order valence-electron chi connectivity index (χ2n) is 8.85. The molecule has 0 saturated carbocycles. The number of likely N-dealkylation sites (tertiary alicyclic amines) is 1. The van der Waals surface area contributed by atoms with Crippen LogP contribution in [-0.2, 0) is 21.0 Å². The van der Waals surface area contributed by atoms with Crippen LogP contribution in [-0.4, -0.2) is 49.3 Å². The number of hydrogen-bond donors (Lipinski definition) is 1. The van der Waals surface area contributed by atoms with Gasteiger partial charge in [-0.2, -0.15) is 0 Å². The number of halogens is 1. The third kappa shape index (κ3) is 5.99. The van der Waals surface area contributed by atoms with Gasteiger partial charge in [0.15, 0.2) is 0 Å². The summed E-state index contributed by atoms with van der Waals surface area (Å²) in [5.41, 5.74) is 0.353. The van der Waals surface area contributed by atoms with Gasteiger partial charge < -0.3 is 14.7 Å². The van der Waals surface area contributed by atoms with E-state index in [1.54, 1.807) is 36.4 Å². The Labute approximate surface area is 188 Å². The lowest BCUT2D eigenvalue weighted by atomic mass is 9.88. The van der Waals surface area contributed by atoms with E-state index in [1.807, 2.05) is 20.8 Å². The zero-order valence-electron chi connectivity index (χ0n) is 17.9. The summed E-state index contributed by atoms with van der Waals surface area (Å²) < 4.78 is 31.0. The molecular formula is C23H28ClNO5S. The van der Waals surface area contributed by atoms with Gasteiger partial charge >= 0.3 is 6.09 Å². The number of β-amino-alcohol motifs (C(OH)–C–C–N with tert-alkyl or cyclic N) is 1. The Kier molecular flexibility index (Phi) is 6.98. The van der Waals surface area contributed by atoms with Gasteiger partial charge in [-0.3, -0.25) is 0 Å². The monoisotopic (exact) mass is 465 g/mol. The van der Waals surface area contributed by atoms with Crippen molar-refractivity contribution in [2.75, 3.05) is 13.1 Å². The molecule has 31 heavy (non-hydrogen) atoms. The molecule has 8 heteroatoms. The molecule has 0 unspecified atom stereocenters. The number of carbonyl (C=O) groups is 1. The van der Waals surface area contributed by atoms with E-state index in [4.69, 9.17) is 16.3 Å². The maximum absolute atomic E-state index is 12.8. The molecule has 0 radical (unpaired) electrons. The van der Waals surface area contributed by atoms with E-state index in [-0.39, 0.29) is 22.3 Å². The van der Waals surface area contributed by atoms with Gasteiger partial charge in [0.1, 0.15) is 5.60 Å². The average Bonchev–Trinajstić information content (AvgIpc) is 2.68. The summed E-state index contributed by atoms with van der Waals surface area (Å²) in [4.78, 5) is 14.1. The number of aliphatic hydroxyl groups is 1. The van der Waals surface area contributed by atoms with E-state index in [0.29, 0.717) is 24.4 Å². The van der Waals surface area contributed by atoms with Crippen molar-refractivity contribution in [3.05, 3.63) is 59.1 Å². The van der Waals surface area contributed by atoms with E-state index >= 15 is 0 Å². The molecule has 3 rings (SSSR count). The topological polar surface area (TPSA) is 83.9 Å². The highest BCUT2D eigenvalue weighted by Gasteiger charge is 2.32. The largest absolute Gasteiger partial charge is 0.444 e. The highest BCUT2D eigenvalue weighted by molar-refractivity contribution is 7.91. The molecule has 0 spiro atoms. The van der Waals surface area contributed by atoms with Gasteiger partial charge in [0.25, 0.3) is 0 Å². The Bertz CT molecular complexity index is 1030. The Balaban J connectivity index is 1.64. The maximum atomic E-state index is 12.8. The second kappa shape index (κ2) is 9.18. The Hall–Kier alpha value is -2.09. The van der Waals surface area contributed by atoms with Crippen LogP contribution in [0, 0.1) is 5.92 Å². The van der Waals surface area contributed by atoms with Crippen LogP contribution in [0.25, 0.3) is 0 Å². The Morgan fingerprint density at radius 2 is 1.84 bits per heavy atom. The summed E-state index contributed by atoms with van der Waals surface area (Å²) in [6.07, 6.45) is 0.153. The highest BCUT2D eigenvalue weighted by Crippen LogP contribution is 2.27. The average molecular weight is 466 g/mol. The molecule has 168 valence electrons.